The number of aromatic carboxylic acids is 1. The number of carbonyl (C=O) groups is 2. The van der Waals surface area contributed by atoms with Crippen LogP contribution < -0.4 is 22.3 Å². The van der Waals surface area contributed by atoms with Crippen molar-refractivity contribution < 1.29 is 36.8 Å². The maximum Gasteiger partial charge on any atom is 0.601 e. The average Bonchev–Trinajstić information content (AvgIpc) is 3.56. The second-order valence-corrected chi connectivity index (χ2v) is 11.9. The molecule has 2 heterocycles. The molecule has 0 saturated carbocycles. The summed E-state index contributed by atoms with van der Waals surface area (Å²) in [6.45, 7) is 1.81. The molecule has 0 atom stereocenters. The largest absolute Gasteiger partial charge is 1.00 e. The summed E-state index contributed by atoms with van der Waals surface area (Å²) in [5.74, 6) is -0.890. The molecule has 6 nitrogen and oxygen atoms in total. The number of aromatic nitrogens is 1. The van der Waals surface area contributed by atoms with E-state index in [1.165, 1.54) is 20.8 Å². The van der Waals surface area contributed by atoms with Gasteiger partial charge in [-0.2, -0.15) is 4.79 Å². The van der Waals surface area contributed by atoms with Gasteiger partial charge in [-0.1, -0.05) is 94.4 Å². The van der Waals surface area contributed by atoms with E-state index in [0.717, 1.165) is 36.2 Å². The number of carboxylic acid groups (broad SMARTS) is 2. The number of halogens is 2. The third kappa shape index (κ3) is 6.77. The molecule has 0 saturated heterocycles. The molecule has 0 fully saturated rings. The second kappa shape index (κ2) is 13.8. The third-order valence-corrected chi connectivity index (χ3v) is 9.42. The van der Waals surface area contributed by atoms with Gasteiger partial charge in [-0.15, -0.1) is 0 Å². The van der Waals surface area contributed by atoms with Crippen molar-refractivity contribution in [1.29, 1.82) is 0 Å². The van der Waals surface area contributed by atoms with E-state index in [9.17, 15) is 14.7 Å². The van der Waals surface area contributed by atoms with Crippen molar-refractivity contribution in [3.8, 4) is 0 Å². The first-order valence-corrected chi connectivity index (χ1v) is 14.9. The Morgan fingerprint density at radius 2 is 1.64 bits per heavy atom. The smallest absolute Gasteiger partial charge is 0.601 e. The predicted octanol–water partition coefficient (Wildman–Crippen LogP) is 5.96. The van der Waals surface area contributed by atoms with Crippen LogP contribution >= 0.6 is 39.0 Å². The molecular weight excluding hydrogens is 656 g/mol. The Labute approximate surface area is 265 Å². The Morgan fingerprint density at radius 1 is 0.929 bits per heavy atom. The number of hydrogen-bond donors (Lipinski definition) is 3. The molecule has 1 aromatic heterocycles. The first kappa shape index (κ1) is 31.1. The van der Waals surface area contributed by atoms with Gasteiger partial charge < -0.3 is 27.9 Å². The quantitative estimate of drug-likeness (QED) is 0.161. The molecule has 3 N–H and O–H groups in total. The lowest BCUT2D eigenvalue weighted by Crippen LogP contribution is -3.00. The van der Waals surface area contributed by atoms with Crippen LogP contribution in [-0.4, -0.2) is 22.3 Å². The highest BCUT2D eigenvalue weighted by Crippen LogP contribution is 2.40. The van der Waals surface area contributed by atoms with E-state index in [0.29, 0.717) is 16.1 Å². The number of thioether (sulfide) groups is 1. The molecule has 6 rings (SSSR count). The van der Waals surface area contributed by atoms with Gasteiger partial charge in [0, 0.05) is 21.5 Å². The fourth-order valence-electron chi connectivity index (χ4n) is 4.30. The zero-order chi connectivity index (χ0) is 28.9. The van der Waals surface area contributed by atoms with Crippen molar-refractivity contribution >= 4 is 83.8 Å². The van der Waals surface area contributed by atoms with E-state index in [1.54, 1.807) is 24.8 Å². The summed E-state index contributed by atoms with van der Waals surface area (Å²) in [5.41, 5.74) is 2.95. The first-order valence-electron chi connectivity index (χ1n) is 12.5. The van der Waals surface area contributed by atoms with E-state index in [1.807, 2.05) is 91.0 Å². The molecule has 4 aromatic carbocycles. The molecule has 212 valence electrons. The number of hydrogen-bond acceptors (Lipinski definition) is 5. The van der Waals surface area contributed by atoms with E-state index >= 15 is 0 Å². The van der Waals surface area contributed by atoms with Crippen LogP contribution in [0.3, 0.4) is 0 Å². The van der Waals surface area contributed by atoms with Crippen molar-refractivity contribution in [2.45, 2.75) is 11.8 Å². The molecule has 0 bridgehead atoms. The van der Waals surface area contributed by atoms with Crippen LogP contribution in [0.15, 0.2) is 118 Å². The zero-order valence-corrected chi connectivity index (χ0v) is 26.1. The molecule has 10 heteroatoms. The van der Waals surface area contributed by atoms with Crippen LogP contribution in [0.2, 0.25) is 0 Å². The average molecular weight is 680 g/mol. The van der Waals surface area contributed by atoms with Crippen molar-refractivity contribution in [2.24, 2.45) is 0 Å². The number of nitrogens with zero attached hydrogens (tertiary/aromatic N) is 1. The van der Waals surface area contributed by atoms with Crippen molar-refractivity contribution in [2.75, 3.05) is 5.32 Å². The lowest BCUT2D eigenvalue weighted by atomic mass is 10.0. The molecule has 1 aliphatic rings. The van der Waals surface area contributed by atoms with Gasteiger partial charge in [-0.3, -0.25) is 0 Å². The van der Waals surface area contributed by atoms with Crippen LogP contribution in [0.1, 0.15) is 20.9 Å². The van der Waals surface area contributed by atoms with Gasteiger partial charge in [0.15, 0.2) is 0 Å². The Balaban J connectivity index is 0.000000216. The topological polar surface area (TPSA) is 90.5 Å². The van der Waals surface area contributed by atoms with Gasteiger partial charge in [-0.05, 0) is 69.5 Å². The van der Waals surface area contributed by atoms with Crippen LogP contribution in [0.5, 0.6) is 0 Å². The van der Waals surface area contributed by atoms with Gasteiger partial charge >= 0.3 is 12.1 Å². The fraction of sp³-hybridized carbons (Fsp3) is 0.0312. The van der Waals surface area contributed by atoms with Gasteiger partial charge in [0.05, 0.1) is 16.3 Å². The Bertz CT molecular complexity index is 1870. The molecule has 5 aromatic rings. The third-order valence-electron chi connectivity index (χ3n) is 6.27. The number of carboxylic acids is 1. The lowest BCUT2D eigenvalue weighted by molar-refractivity contribution is -0.553. The Hall–Kier alpha value is -3.89. The number of allylic oxidation sites excluding steroid dienone is 4. The first-order chi connectivity index (χ1) is 19.8. The fourth-order valence-corrected chi connectivity index (χ4v) is 6.84. The zero-order valence-electron chi connectivity index (χ0n) is 22.1. The highest BCUT2D eigenvalue weighted by Gasteiger charge is 2.25. The number of anilines is 1. The molecule has 42 heavy (non-hydrogen) atoms. The summed E-state index contributed by atoms with van der Waals surface area (Å²) in [4.78, 5) is 23.8. The normalized spacial score (nSPS) is 13.1. The van der Waals surface area contributed by atoms with E-state index < -0.39 is 12.1 Å². The standard InChI is InChI=1S/C20H14N2O2S2.C12H9BrO2.ClH/c23-20(24)22-15-9-5-7-11-17(15)26-19(22)13-3-1-2-12-18-21-14-8-4-6-10-16(14)25-18;1-7-10(12(14)15)6-8-4-2-3-5-9(8)11(7)13;/h1-13H,(H,23,24);2-6H,1H3,(H,14,15);1H. The maximum atomic E-state index is 11.6. The van der Waals surface area contributed by atoms with E-state index in [2.05, 4.69) is 33.4 Å². The van der Waals surface area contributed by atoms with Crippen molar-refractivity contribution in [3.63, 3.8) is 0 Å². The summed E-state index contributed by atoms with van der Waals surface area (Å²) < 4.78 is 3.12. The van der Waals surface area contributed by atoms with Crippen LogP contribution in [0, 0.1) is 6.92 Å². The highest BCUT2D eigenvalue weighted by molar-refractivity contribution is 9.10. The minimum absolute atomic E-state index is 0. The van der Waals surface area contributed by atoms with E-state index in [4.69, 9.17) is 5.11 Å². The maximum absolute atomic E-state index is 11.6. The van der Waals surface area contributed by atoms with Gasteiger partial charge in [0.1, 0.15) is 4.70 Å². The van der Waals surface area contributed by atoms with Crippen LogP contribution in [-0.2, 0) is 0 Å². The van der Waals surface area contributed by atoms with Gasteiger partial charge in [-0.25, -0.2) is 4.79 Å². The predicted molar refractivity (Wildman–Crippen MR) is 171 cm³/mol. The molecule has 0 amide bonds. The Kier molecular flexibility index (Phi) is 10.2. The summed E-state index contributed by atoms with van der Waals surface area (Å²) in [6, 6.07) is 25.1. The van der Waals surface area contributed by atoms with Crippen molar-refractivity contribution in [1.82, 2.24) is 0 Å². The van der Waals surface area contributed by atoms with Crippen LogP contribution in [0.25, 0.3) is 27.1 Å². The van der Waals surface area contributed by atoms with Gasteiger partial charge in [0.2, 0.25) is 5.52 Å². The molecular formula is C32H24BrClN2O4S2. The lowest BCUT2D eigenvalue weighted by Gasteiger charge is -2.07. The summed E-state index contributed by atoms with van der Waals surface area (Å²) in [5, 5.41) is 25.6. The molecule has 0 spiro atoms. The number of para-hydroxylation sites is 2. The second-order valence-electron chi connectivity index (χ2n) is 8.91. The number of rotatable bonds is 4. The number of fused-ring (bicyclic) bond motifs is 3. The Morgan fingerprint density at radius 3 is 2.40 bits per heavy atom. The molecule has 0 radical (unpaired) electrons. The van der Waals surface area contributed by atoms with Crippen molar-refractivity contribution in [3.05, 3.63) is 129 Å². The highest BCUT2D eigenvalue weighted by atomic mass is 79.9. The minimum Gasteiger partial charge on any atom is -1.00 e. The summed E-state index contributed by atoms with van der Waals surface area (Å²) >= 11 is 6.59. The van der Waals surface area contributed by atoms with E-state index in [-0.39, 0.29) is 12.4 Å². The molecule has 0 aliphatic carbocycles. The molecule has 0 unspecified atom stereocenters. The molecule has 1 aliphatic heterocycles. The van der Waals surface area contributed by atoms with Crippen LogP contribution in [0.4, 0.5) is 10.5 Å². The monoisotopic (exact) mass is 678 g/mol. The number of nitrogens with one attached hydrogen (secondary N) is 1. The SMILES string of the molecule is Cc1c(C(=O)O)cc2ccccc2c1Br.O=C(O)[n+]1c(C=CC=CC=C2Nc3ccccc3S2)sc2ccccc21.[Cl-]. The van der Waals surface area contributed by atoms with Gasteiger partial charge in [0.25, 0.3) is 5.01 Å². The summed E-state index contributed by atoms with van der Waals surface area (Å²) in [6.07, 6.45) is 8.54. The minimum atomic E-state index is -0.975. The summed E-state index contributed by atoms with van der Waals surface area (Å²) in [7, 11) is 0. The number of thiazole rings is 1. The number of benzene rings is 4.